The topological polar surface area (TPSA) is 77.1 Å². The fourth-order valence-corrected chi connectivity index (χ4v) is 4.01. The number of hydrogen-bond donors (Lipinski definition) is 1. The van der Waals surface area contributed by atoms with E-state index < -0.39 is 5.91 Å². The molecule has 7 nitrogen and oxygen atoms in total. The van der Waals surface area contributed by atoms with Crippen molar-refractivity contribution in [2.45, 2.75) is 13.8 Å². The van der Waals surface area contributed by atoms with Gasteiger partial charge in [-0.2, -0.15) is 0 Å². The van der Waals surface area contributed by atoms with Crippen molar-refractivity contribution in [2.24, 2.45) is 0 Å². The number of nitrogens with one attached hydrogen (secondary N) is 1. The van der Waals surface area contributed by atoms with Gasteiger partial charge in [0.05, 0.1) is 32.6 Å². The Labute approximate surface area is 198 Å². The van der Waals surface area contributed by atoms with Gasteiger partial charge in [0.25, 0.3) is 11.8 Å². The maximum atomic E-state index is 13.7. The average Bonchev–Trinajstić information content (AvgIpc) is 3.09. The lowest BCUT2D eigenvalue weighted by Crippen LogP contribution is -2.33. The summed E-state index contributed by atoms with van der Waals surface area (Å²) in [5.74, 6) is 0.452. The monoisotopic (exact) mass is 458 g/mol. The lowest BCUT2D eigenvalue weighted by atomic mass is 10.0. The number of methoxy groups -OCH3 is 3. The van der Waals surface area contributed by atoms with Gasteiger partial charge >= 0.3 is 0 Å². The molecule has 0 saturated carbocycles. The number of carbonyl (C=O) groups is 2. The highest BCUT2D eigenvalue weighted by atomic mass is 16.5. The highest BCUT2D eigenvalue weighted by molar-refractivity contribution is 6.46. The molecular formula is C27H26N2O5. The van der Waals surface area contributed by atoms with Crippen LogP contribution in [0.5, 0.6) is 17.2 Å². The third-order valence-corrected chi connectivity index (χ3v) is 5.90. The van der Waals surface area contributed by atoms with Crippen LogP contribution in [0.2, 0.25) is 0 Å². The Balaban J connectivity index is 1.86. The minimum atomic E-state index is -0.439. The van der Waals surface area contributed by atoms with Gasteiger partial charge in [-0.3, -0.25) is 9.59 Å². The van der Waals surface area contributed by atoms with Gasteiger partial charge in [-0.1, -0.05) is 42.5 Å². The van der Waals surface area contributed by atoms with E-state index >= 15 is 0 Å². The van der Waals surface area contributed by atoms with E-state index in [9.17, 15) is 9.59 Å². The molecule has 0 fully saturated rings. The average molecular weight is 459 g/mol. The number of aryl methyl sites for hydroxylation is 1. The zero-order valence-corrected chi connectivity index (χ0v) is 19.8. The first kappa shape index (κ1) is 22.9. The molecule has 34 heavy (non-hydrogen) atoms. The van der Waals surface area contributed by atoms with Crippen molar-refractivity contribution in [1.82, 2.24) is 0 Å². The number of hydrogen-bond acceptors (Lipinski definition) is 6. The number of carbonyl (C=O) groups excluding carboxylic acids is 2. The molecule has 0 spiro atoms. The van der Waals surface area contributed by atoms with Crippen LogP contribution in [0, 0.1) is 13.8 Å². The molecule has 1 aliphatic heterocycles. The van der Waals surface area contributed by atoms with Gasteiger partial charge in [0.2, 0.25) is 5.75 Å². The normalized spacial score (nSPS) is 13.4. The van der Waals surface area contributed by atoms with Crippen LogP contribution in [0.4, 0.5) is 11.4 Å². The molecule has 0 atom stereocenters. The smallest absolute Gasteiger partial charge is 0.282 e. The van der Waals surface area contributed by atoms with Gasteiger partial charge in [-0.15, -0.1) is 0 Å². The number of imide groups is 1. The Morgan fingerprint density at radius 1 is 0.765 bits per heavy atom. The molecular weight excluding hydrogens is 432 g/mol. The van der Waals surface area contributed by atoms with Crippen LogP contribution < -0.4 is 24.4 Å². The summed E-state index contributed by atoms with van der Waals surface area (Å²) in [6.45, 7) is 3.85. The molecule has 0 aromatic heterocycles. The molecule has 3 aromatic carbocycles. The predicted molar refractivity (Wildman–Crippen MR) is 131 cm³/mol. The van der Waals surface area contributed by atoms with Crippen LogP contribution in [0.1, 0.15) is 16.7 Å². The second-order valence-electron chi connectivity index (χ2n) is 7.82. The molecule has 0 aliphatic carbocycles. The summed E-state index contributed by atoms with van der Waals surface area (Å²) in [4.78, 5) is 28.6. The summed E-state index contributed by atoms with van der Waals surface area (Å²) in [5, 5.41) is 3.16. The molecule has 4 rings (SSSR count). The number of rotatable bonds is 7. The van der Waals surface area contributed by atoms with E-state index in [0.29, 0.717) is 39.8 Å². The van der Waals surface area contributed by atoms with E-state index in [1.165, 1.54) is 26.2 Å². The maximum absolute atomic E-state index is 13.7. The van der Waals surface area contributed by atoms with E-state index in [0.717, 1.165) is 11.1 Å². The zero-order chi connectivity index (χ0) is 24.4. The second kappa shape index (κ2) is 9.31. The highest BCUT2D eigenvalue weighted by Crippen LogP contribution is 2.42. The zero-order valence-electron chi connectivity index (χ0n) is 19.8. The standard InChI is InChI=1S/C27H26N2O5/c1-16-10-9-13-20(17(16)2)29-26(30)23(18-11-7-6-8-12-18)24(27(29)31)28-19-14-21(32-3)25(34-5)22(15-19)33-4/h6-15,28H,1-5H3. The Bertz CT molecular complexity index is 1270. The quantitative estimate of drug-likeness (QED) is 0.516. The largest absolute Gasteiger partial charge is 0.493 e. The Morgan fingerprint density at radius 2 is 1.41 bits per heavy atom. The minimum absolute atomic E-state index is 0.173. The molecule has 1 heterocycles. The van der Waals surface area contributed by atoms with E-state index in [1.807, 2.05) is 56.3 Å². The first-order valence-corrected chi connectivity index (χ1v) is 10.7. The molecule has 0 unspecified atom stereocenters. The summed E-state index contributed by atoms with van der Waals surface area (Å²) in [7, 11) is 4.55. The summed E-state index contributed by atoms with van der Waals surface area (Å²) in [6.07, 6.45) is 0. The fraction of sp³-hybridized carbons (Fsp3) is 0.185. The van der Waals surface area contributed by atoms with Crippen LogP contribution in [-0.4, -0.2) is 33.1 Å². The van der Waals surface area contributed by atoms with E-state index in [-0.39, 0.29) is 11.6 Å². The minimum Gasteiger partial charge on any atom is -0.493 e. The van der Waals surface area contributed by atoms with Crippen molar-refractivity contribution in [3.8, 4) is 17.2 Å². The molecule has 0 bridgehead atoms. The number of nitrogens with zero attached hydrogens (tertiary/aromatic N) is 1. The summed E-state index contributed by atoms with van der Waals surface area (Å²) in [5.41, 5.74) is 4.04. The third kappa shape index (κ3) is 3.85. The number of anilines is 2. The Hall–Kier alpha value is -4.26. The van der Waals surface area contributed by atoms with E-state index in [4.69, 9.17) is 14.2 Å². The van der Waals surface area contributed by atoms with Crippen molar-refractivity contribution >= 4 is 28.8 Å². The number of ether oxygens (including phenoxy) is 3. The van der Waals surface area contributed by atoms with Gasteiger partial charge in [0.15, 0.2) is 11.5 Å². The van der Waals surface area contributed by atoms with E-state index in [1.54, 1.807) is 18.2 Å². The summed E-state index contributed by atoms with van der Waals surface area (Å²) < 4.78 is 16.3. The summed E-state index contributed by atoms with van der Waals surface area (Å²) >= 11 is 0. The van der Waals surface area contributed by atoms with Gasteiger partial charge in [-0.05, 0) is 36.6 Å². The van der Waals surface area contributed by atoms with Crippen LogP contribution >= 0.6 is 0 Å². The van der Waals surface area contributed by atoms with Crippen LogP contribution in [0.25, 0.3) is 5.57 Å². The molecule has 1 aliphatic rings. The molecule has 1 N–H and O–H groups in total. The fourth-order valence-electron chi connectivity index (χ4n) is 4.01. The van der Waals surface area contributed by atoms with E-state index in [2.05, 4.69) is 5.32 Å². The van der Waals surface area contributed by atoms with Crippen molar-refractivity contribution in [3.05, 3.63) is 83.1 Å². The van der Waals surface area contributed by atoms with Gasteiger partial charge < -0.3 is 19.5 Å². The van der Waals surface area contributed by atoms with Gasteiger partial charge in [-0.25, -0.2) is 4.90 Å². The molecule has 0 saturated heterocycles. The lowest BCUT2D eigenvalue weighted by Gasteiger charge is -2.19. The first-order chi connectivity index (χ1) is 16.4. The first-order valence-electron chi connectivity index (χ1n) is 10.7. The van der Waals surface area contributed by atoms with Crippen molar-refractivity contribution in [2.75, 3.05) is 31.5 Å². The lowest BCUT2D eigenvalue weighted by molar-refractivity contribution is -0.120. The van der Waals surface area contributed by atoms with Crippen LogP contribution in [-0.2, 0) is 9.59 Å². The van der Waals surface area contributed by atoms with Crippen LogP contribution in [0.15, 0.2) is 66.4 Å². The van der Waals surface area contributed by atoms with Gasteiger partial charge in [0.1, 0.15) is 5.70 Å². The molecule has 0 radical (unpaired) electrons. The van der Waals surface area contributed by atoms with Crippen molar-refractivity contribution in [1.29, 1.82) is 0 Å². The number of amides is 2. The Kier molecular flexibility index (Phi) is 6.27. The number of benzene rings is 3. The third-order valence-electron chi connectivity index (χ3n) is 5.90. The van der Waals surface area contributed by atoms with Crippen LogP contribution in [0.3, 0.4) is 0 Å². The van der Waals surface area contributed by atoms with Gasteiger partial charge in [0, 0.05) is 17.8 Å². The SMILES string of the molecule is COc1cc(NC2=C(c3ccccc3)C(=O)N(c3cccc(C)c3C)C2=O)cc(OC)c1OC. The second-order valence-corrected chi connectivity index (χ2v) is 7.82. The molecule has 7 heteroatoms. The highest BCUT2D eigenvalue weighted by Gasteiger charge is 2.41. The molecule has 174 valence electrons. The van der Waals surface area contributed by atoms with Crippen molar-refractivity contribution in [3.63, 3.8) is 0 Å². The predicted octanol–water partition coefficient (Wildman–Crippen LogP) is 4.73. The Morgan fingerprint density at radius 3 is 2.00 bits per heavy atom. The molecule has 3 aromatic rings. The molecule has 2 amide bonds. The van der Waals surface area contributed by atoms with Crippen molar-refractivity contribution < 1.29 is 23.8 Å². The maximum Gasteiger partial charge on any atom is 0.282 e. The summed E-state index contributed by atoms with van der Waals surface area (Å²) in [6, 6.07) is 18.1.